The van der Waals surface area contributed by atoms with Gasteiger partial charge in [-0.1, -0.05) is 67.6 Å². The average molecular weight is 239 g/mol. The number of benzene rings is 2. The third-order valence-electron chi connectivity index (χ3n) is 3.29. The second-order valence-corrected chi connectivity index (χ2v) is 4.39. The molecule has 0 saturated heterocycles. The first-order valence-corrected chi connectivity index (χ1v) is 6.12. The number of hydrogen-bond donors (Lipinski definition) is 1. The van der Waals surface area contributed by atoms with Crippen molar-refractivity contribution in [2.75, 3.05) is 0 Å². The summed E-state index contributed by atoms with van der Waals surface area (Å²) in [5.74, 6) is -0.0307. The quantitative estimate of drug-likeness (QED) is 0.833. The van der Waals surface area contributed by atoms with Gasteiger partial charge in [0, 0.05) is 5.56 Å². The minimum absolute atomic E-state index is 0.0307. The highest BCUT2D eigenvalue weighted by atomic mass is 16.1. The number of carbonyl (C=O) groups is 1. The van der Waals surface area contributed by atoms with E-state index in [4.69, 9.17) is 5.73 Å². The van der Waals surface area contributed by atoms with Gasteiger partial charge >= 0.3 is 0 Å². The lowest BCUT2D eigenvalue weighted by atomic mass is 9.81. The first-order chi connectivity index (χ1) is 8.68. The number of Topliss-reactive ketones (excluding diaryl/α,β-unsaturated/α-hetero) is 1. The van der Waals surface area contributed by atoms with Crippen LogP contribution in [0.1, 0.15) is 29.3 Å². The minimum atomic E-state index is -0.942. The van der Waals surface area contributed by atoms with Crippen LogP contribution in [0.3, 0.4) is 0 Å². The Morgan fingerprint density at radius 1 is 1.00 bits per heavy atom. The van der Waals surface area contributed by atoms with Crippen molar-refractivity contribution < 1.29 is 4.79 Å². The molecule has 0 radical (unpaired) electrons. The molecule has 0 aliphatic rings. The average Bonchev–Trinajstić information content (AvgIpc) is 2.47. The van der Waals surface area contributed by atoms with Gasteiger partial charge in [0.1, 0.15) is 5.54 Å². The van der Waals surface area contributed by atoms with E-state index in [0.29, 0.717) is 12.0 Å². The van der Waals surface area contributed by atoms with E-state index in [9.17, 15) is 4.79 Å². The largest absolute Gasteiger partial charge is 0.315 e. The molecule has 0 aliphatic carbocycles. The Morgan fingerprint density at radius 2 is 1.50 bits per heavy atom. The summed E-state index contributed by atoms with van der Waals surface area (Å²) in [4.78, 5) is 12.6. The van der Waals surface area contributed by atoms with Crippen LogP contribution in [0.4, 0.5) is 0 Å². The molecular formula is C16H17NO. The molecule has 92 valence electrons. The molecule has 0 saturated carbocycles. The van der Waals surface area contributed by atoms with Crippen molar-refractivity contribution in [3.05, 3.63) is 71.8 Å². The van der Waals surface area contributed by atoms with Gasteiger partial charge in [0.2, 0.25) is 0 Å². The van der Waals surface area contributed by atoms with Crippen molar-refractivity contribution >= 4 is 5.78 Å². The van der Waals surface area contributed by atoms with Crippen molar-refractivity contribution in [3.63, 3.8) is 0 Å². The summed E-state index contributed by atoms with van der Waals surface area (Å²) >= 11 is 0. The number of nitrogens with two attached hydrogens (primary N) is 1. The molecule has 0 amide bonds. The Morgan fingerprint density at radius 3 is 2.00 bits per heavy atom. The van der Waals surface area contributed by atoms with Crippen LogP contribution in [0.15, 0.2) is 60.7 Å². The van der Waals surface area contributed by atoms with Crippen LogP contribution in [0, 0.1) is 0 Å². The van der Waals surface area contributed by atoms with E-state index in [-0.39, 0.29) is 5.78 Å². The monoisotopic (exact) mass is 239 g/mol. The Hall–Kier alpha value is -1.93. The molecule has 0 fully saturated rings. The first-order valence-electron chi connectivity index (χ1n) is 6.12. The van der Waals surface area contributed by atoms with Crippen LogP contribution >= 0.6 is 0 Å². The van der Waals surface area contributed by atoms with E-state index < -0.39 is 5.54 Å². The molecular weight excluding hydrogens is 222 g/mol. The molecule has 2 rings (SSSR count). The maximum absolute atomic E-state index is 12.6. The zero-order chi connectivity index (χ0) is 13.0. The van der Waals surface area contributed by atoms with Gasteiger partial charge in [-0.05, 0) is 12.0 Å². The van der Waals surface area contributed by atoms with Crippen molar-refractivity contribution in [1.82, 2.24) is 0 Å². The number of hydrogen-bond acceptors (Lipinski definition) is 2. The standard InChI is InChI=1S/C16H17NO/c1-2-16(17,14-11-7-4-8-12-14)15(18)13-9-5-3-6-10-13/h3-12H,2,17H2,1H3. The molecule has 0 aliphatic heterocycles. The lowest BCUT2D eigenvalue weighted by Gasteiger charge is -2.27. The second kappa shape index (κ2) is 5.15. The lowest BCUT2D eigenvalue weighted by Crippen LogP contribution is -2.44. The molecule has 0 aromatic heterocycles. The predicted octanol–water partition coefficient (Wildman–Crippen LogP) is 3.13. The molecule has 0 spiro atoms. The Kier molecular flexibility index (Phi) is 3.58. The van der Waals surface area contributed by atoms with E-state index in [2.05, 4.69) is 0 Å². The summed E-state index contributed by atoms with van der Waals surface area (Å²) in [7, 11) is 0. The fourth-order valence-electron chi connectivity index (χ4n) is 2.08. The summed E-state index contributed by atoms with van der Waals surface area (Å²) in [6.45, 7) is 1.94. The van der Waals surface area contributed by atoms with Crippen LogP contribution < -0.4 is 5.73 Å². The SMILES string of the molecule is CCC(N)(C(=O)c1ccccc1)c1ccccc1. The highest BCUT2D eigenvalue weighted by Gasteiger charge is 2.34. The van der Waals surface area contributed by atoms with Gasteiger partial charge in [0.25, 0.3) is 0 Å². The summed E-state index contributed by atoms with van der Waals surface area (Å²) in [6, 6.07) is 18.8. The van der Waals surface area contributed by atoms with Crippen molar-refractivity contribution in [2.24, 2.45) is 5.73 Å². The van der Waals surface area contributed by atoms with Gasteiger partial charge in [-0.3, -0.25) is 4.79 Å². The molecule has 2 N–H and O–H groups in total. The van der Waals surface area contributed by atoms with Crippen LogP contribution in [-0.4, -0.2) is 5.78 Å². The van der Waals surface area contributed by atoms with Crippen molar-refractivity contribution in [1.29, 1.82) is 0 Å². The summed E-state index contributed by atoms with van der Waals surface area (Å²) in [5.41, 5.74) is 6.92. The smallest absolute Gasteiger partial charge is 0.187 e. The molecule has 1 unspecified atom stereocenters. The third kappa shape index (κ3) is 2.20. The summed E-state index contributed by atoms with van der Waals surface area (Å²) in [5, 5.41) is 0. The fourth-order valence-corrected chi connectivity index (χ4v) is 2.08. The highest BCUT2D eigenvalue weighted by Crippen LogP contribution is 2.26. The van der Waals surface area contributed by atoms with E-state index in [1.54, 1.807) is 0 Å². The molecule has 2 nitrogen and oxygen atoms in total. The molecule has 2 heteroatoms. The van der Waals surface area contributed by atoms with E-state index in [1.807, 2.05) is 67.6 Å². The van der Waals surface area contributed by atoms with Crippen LogP contribution in [0.2, 0.25) is 0 Å². The summed E-state index contributed by atoms with van der Waals surface area (Å²) < 4.78 is 0. The Balaban J connectivity index is 2.43. The fraction of sp³-hybridized carbons (Fsp3) is 0.188. The normalized spacial score (nSPS) is 13.9. The number of ketones is 1. The molecule has 2 aromatic rings. The Bertz CT molecular complexity index is 521. The maximum atomic E-state index is 12.6. The highest BCUT2D eigenvalue weighted by molar-refractivity contribution is 6.03. The summed E-state index contributed by atoms with van der Waals surface area (Å²) in [6.07, 6.45) is 0.574. The van der Waals surface area contributed by atoms with Gasteiger partial charge in [-0.25, -0.2) is 0 Å². The lowest BCUT2D eigenvalue weighted by molar-refractivity contribution is 0.0882. The Labute approximate surface area is 107 Å². The third-order valence-corrected chi connectivity index (χ3v) is 3.29. The van der Waals surface area contributed by atoms with E-state index in [0.717, 1.165) is 5.56 Å². The van der Waals surface area contributed by atoms with Gasteiger partial charge in [0.05, 0.1) is 0 Å². The van der Waals surface area contributed by atoms with Crippen molar-refractivity contribution in [3.8, 4) is 0 Å². The topological polar surface area (TPSA) is 43.1 Å². The van der Waals surface area contributed by atoms with Gasteiger partial charge in [0.15, 0.2) is 5.78 Å². The van der Waals surface area contributed by atoms with Crippen LogP contribution in [0.25, 0.3) is 0 Å². The second-order valence-electron chi connectivity index (χ2n) is 4.39. The van der Waals surface area contributed by atoms with Gasteiger partial charge in [-0.2, -0.15) is 0 Å². The zero-order valence-electron chi connectivity index (χ0n) is 10.5. The first kappa shape index (κ1) is 12.5. The molecule has 1 atom stereocenters. The number of rotatable bonds is 4. The zero-order valence-corrected chi connectivity index (χ0v) is 10.5. The van der Waals surface area contributed by atoms with E-state index >= 15 is 0 Å². The van der Waals surface area contributed by atoms with Crippen LogP contribution in [-0.2, 0) is 5.54 Å². The molecule has 0 bridgehead atoms. The minimum Gasteiger partial charge on any atom is -0.315 e. The molecule has 18 heavy (non-hydrogen) atoms. The predicted molar refractivity (Wildman–Crippen MR) is 73.4 cm³/mol. The van der Waals surface area contributed by atoms with Gasteiger partial charge < -0.3 is 5.73 Å². The molecule has 0 heterocycles. The van der Waals surface area contributed by atoms with Crippen LogP contribution in [0.5, 0.6) is 0 Å². The maximum Gasteiger partial charge on any atom is 0.187 e. The number of carbonyl (C=O) groups excluding carboxylic acids is 1. The molecule has 2 aromatic carbocycles. The van der Waals surface area contributed by atoms with E-state index in [1.165, 1.54) is 0 Å². The van der Waals surface area contributed by atoms with Crippen molar-refractivity contribution in [2.45, 2.75) is 18.9 Å². The van der Waals surface area contributed by atoms with Gasteiger partial charge in [-0.15, -0.1) is 0 Å².